The summed E-state index contributed by atoms with van der Waals surface area (Å²) in [6.07, 6.45) is 1.46. The molecule has 2 rings (SSSR count). The molecule has 0 heterocycles. The van der Waals surface area contributed by atoms with Gasteiger partial charge in [-0.1, -0.05) is 0 Å². The highest BCUT2D eigenvalue weighted by Gasteiger charge is 2.47. The summed E-state index contributed by atoms with van der Waals surface area (Å²) < 4.78 is 4.63. The Morgan fingerprint density at radius 3 is 2.36 bits per heavy atom. The minimum Gasteiger partial charge on any atom is -0.465 e. The van der Waals surface area contributed by atoms with Crippen LogP contribution in [-0.4, -0.2) is 57.0 Å². The topological polar surface area (TPSA) is 87.7 Å². The van der Waals surface area contributed by atoms with Crippen molar-refractivity contribution in [1.82, 2.24) is 10.2 Å². The smallest absolute Gasteiger partial charge is 0.337 e. The van der Waals surface area contributed by atoms with Crippen LogP contribution in [0, 0.1) is 11.8 Å². The molecule has 7 heteroatoms. The lowest BCUT2D eigenvalue weighted by Crippen LogP contribution is -2.30. The van der Waals surface area contributed by atoms with E-state index in [0.717, 1.165) is 13.0 Å². The predicted molar refractivity (Wildman–Crippen MR) is 94.2 cm³/mol. The number of amides is 2. The molecule has 1 aliphatic rings. The molecule has 25 heavy (non-hydrogen) atoms. The number of hydrogen-bond acceptors (Lipinski definition) is 5. The molecular weight excluding hydrogens is 322 g/mol. The van der Waals surface area contributed by atoms with Crippen LogP contribution < -0.4 is 10.6 Å². The van der Waals surface area contributed by atoms with Gasteiger partial charge in [0.2, 0.25) is 11.8 Å². The SMILES string of the molecule is COC(=O)c1ccc(NC(=O)C2CC2C(=O)NCCCN(C)C)cc1. The Kier molecular flexibility index (Phi) is 6.52. The number of carbonyl (C=O) groups excluding carboxylic acids is 3. The van der Waals surface area contributed by atoms with E-state index >= 15 is 0 Å². The molecule has 2 unspecified atom stereocenters. The van der Waals surface area contributed by atoms with Gasteiger partial charge in [0.25, 0.3) is 0 Å². The van der Waals surface area contributed by atoms with Crippen molar-refractivity contribution in [3.8, 4) is 0 Å². The van der Waals surface area contributed by atoms with Crippen molar-refractivity contribution < 1.29 is 19.1 Å². The number of nitrogens with zero attached hydrogens (tertiary/aromatic N) is 1. The van der Waals surface area contributed by atoms with Crippen LogP contribution in [0.2, 0.25) is 0 Å². The van der Waals surface area contributed by atoms with E-state index in [4.69, 9.17) is 0 Å². The van der Waals surface area contributed by atoms with Crippen molar-refractivity contribution in [2.75, 3.05) is 39.6 Å². The molecule has 0 saturated heterocycles. The fourth-order valence-corrected chi connectivity index (χ4v) is 2.55. The highest BCUT2D eigenvalue weighted by Crippen LogP contribution is 2.39. The van der Waals surface area contributed by atoms with Crippen LogP contribution in [-0.2, 0) is 14.3 Å². The van der Waals surface area contributed by atoms with Gasteiger partial charge in [-0.25, -0.2) is 4.79 Å². The summed E-state index contributed by atoms with van der Waals surface area (Å²) in [5, 5.41) is 5.66. The van der Waals surface area contributed by atoms with Crippen molar-refractivity contribution in [3.63, 3.8) is 0 Å². The molecule has 2 N–H and O–H groups in total. The number of nitrogens with one attached hydrogen (secondary N) is 2. The molecule has 0 bridgehead atoms. The molecule has 1 aliphatic carbocycles. The maximum Gasteiger partial charge on any atom is 0.337 e. The largest absolute Gasteiger partial charge is 0.465 e. The van der Waals surface area contributed by atoms with Gasteiger partial charge >= 0.3 is 5.97 Å². The summed E-state index contributed by atoms with van der Waals surface area (Å²) in [5.74, 6) is -1.17. The van der Waals surface area contributed by atoms with Crippen LogP contribution in [0.15, 0.2) is 24.3 Å². The quantitative estimate of drug-likeness (QED) is 0.543. The molecular formula is C18H25N3O4. The third-order valence-electron chi connectivity index (χ3n) is 4.12. The van der Waals surface area contributed by atoms with E-state index in [1.54, 1.807) is 24.3 Å². The zero-order valence-electron chi connectivity index (χ0n) is 14.9. The highest BCUT2D eigenvalue weighted by molar-refractivity contribution is 5.99. The highest BCUT2D eigenvalue weighted by atomic mass is 16.5. The maximum atomic E-state index is 12.2. The van der Waals surface area contributed by atoms with Gasteiger partial charge in [0, 0.05) is 12.2 Å². The number of esters is 1. The molecule has 1 aromatic carbocycles. The standard InChI is InChI=1S/C18H25N3O4/c1-21(2)10-4-9-19-16(22)14-11-15(14)17(23)20-13-7-5-12(6-8-13)18(24)25-3/h5-8,14-15H,4,9-11H2,1-3H3,(H,19,22)(H,20,23). The number of rotatable bonds is 8. The third kappa shape index (κ3) is 5.56. The monoisotopic (exact) mass is 347 g/mol. The lowest BCUT2D eigenvalue weighted by Gasteiger charge is -2.10. The van der Waals surface area contributed by atoms with Crippen LogP contribution in [0.3, 0.4) is 0 Å². The molecule has 7 nitrogen and oxygen atoms in total. The summed E-state index contributed by atoms with van der Waals surface area (Å²) in [5.41, 5.74) is 1.01. The maximum absolute atomic E-state index is 12.2. The normalized spacial score (nSPS) is 18.6. The Morgan fingerprint density at radius 1 is 1.12 bits per heavy atom. The summed E-state index contributed by atoms with van der Waals surface area (Å²) in [7, 11) is 5.29. The minimum atomic E-state index is -0.425. The summed E-state index contributed by atoms with van der Waals surface area (Å²) in [4.78, 5) is 37.6. The zero-order valence-corrected chi connectivity index (χ0v) is 14.9. The lowest BCUT2D eigenvalue weighted by molar-refractivity contribution is -0.125. The Hall–Kier alpha value is -2.41. The Morgan fingerprint density at radius 2 is 1.76 bits per heavy atom. The van der Waals surface area contributed by atoms with Gasteiger partial charge in [-0.05, 0) is 57.7 Å². The van der Waals surface area contributed by atoms with Crippen molar-refractivity contribution in [2.24, 2.45) is 11.8 Å². The van der Waals surface area contributed by atoms with E-state index < -0.39 is 5.97 Å². The molecule has 1 saturated carbocycles. The summed E-state index contributed by atoms with van der Waals surface area (Å²) in [6, 6.07) is 6.46. The minimum absolute atomic E-state index is 0.0556. The first-order valence-electron chi connectivity index (χ1n) is 8.34. The van der Waals surface area contributed by atoms with Gasteiger partial charge in [-0.15, -0.1) is 0 Å². The average Bonchev–Trinajstić information content (AvgIpc) is 3.39. The fourth-order valence-electron chi connectivity index (χ4n) is 2.55. The van der Waals surface area contributed by atoms with Crippen LogP contribution >= 0.6 is 0 Å². The molecule has 0 aromatic heterocycles. The molecule has 1 fully saturated rings. The van der Waals surface area contributed by atoms with E-state index in [0.29, 0.717) is 24.2 Å². The number of methoxy groups -OCH3 is 1. The van der Waals surface area contributed by atoms with E-state index in [9.17, 15) is 14.4 Å². The first-order chi connectivity index (χ1) is 11.9. The van der Waals surface area contributed by atoms with Crippen molar-refractivity contribution in [1.29, 1.82) is 0 Å². The fraction of sp³-hybridized carbons (Fsp3) is 0.500. The second kappa shape index (κ2) is 8.62. The number of ether oxygens (including phenoxy) is 1. The molecule has 2 atom stereocenters. The second-order valence-electron chi connectivity index (χ2n) is 6.45. The number of anilines is 1. The molecule has 0 radical (unpaired) electrons. The third-order valence-corrected chi connectivity index (χ3v) is 4.12. The molecule has 0 aliphatic heterocycles. The zero-order chi connectivity index (χ0) is 18.4. The van der Waals surface area contributed by atoms with Crippen LogP contribution in [0.25, 0.3) is 0 Å². The van der Waals surface area contributed by atoms with Crippen LogP contribution in [0.4, 0.5) is 5.69 Å². The van der Waals surface area contributed by atoms with Crippen LogP contribution in [0.5, 0.6) is 0 Å². The predicted octanol–water partition coefficient (Wildman–Crippen LogP) is 1.12. The second-order valence-corrected chi connectivity index (χ2v) is 6.45. The van der Waals surface area contributed by atoms with Gasteiger partial charge in [0.1, 0.15) is 0 Å². The van der Waals surface area contributed by atoms with Gasteiger partial charge in [0.05, 0.1) is 24.5 Å². The average molecular weight is 347 g/mol. The molecule has 0 spiro atoms. The number of hydrogen-bond donors (Lipinski definition) is 2. The van der Waals surface area contributed by atoms with Crippen molar-refractivity contribution in [3.05, 3.63) is 29.8 Å². The summed E-state index contributed by atoms with van der Waals surface area (Å²) >= 11 is 0. The lowest BCUT2D eigenvalue weighted by atomic mass is 10.2. The van der Waals surface area contributed by atoms with Gasteiger partial charge in [-0.3, -0.25) is 9.59 Å². The van der Waals surface area contributed by atoms with Crippen LogP contribution in [0.1, 0.15) is 23.2 Å². The van der Waals surface area contributed by atoms with E-state index in [1.165, 1.54) is 7.11 Å². The van der Waals surface area contributed by atoms with Gasteiger partial charge in [0.15, 0.2) is 0 Å². The van der Waals surface area contributed by atoms with E-state index in [2.05, 4.69) is 20.3 Å². The first kappa shape index (κ1) is 18.9. The molecule has 1 aromatic rings. The Labute approximate surface area is 147 Å². The van der Waals surface area contributed by atoms with Gasteiger partial charge in [-0.2, -0.15) is 0 Å². The van der Waals surface area contributed by atoms with E-state index in [1.807, 2.05) is 14.1 Å². The number of benzene rings is 1. The molecule has 2 amide bonds. The Balaban J connectivity index is 1.75. The van der Waals surface area contributed by atoms with E-state index in [-0.39, 0.29) is 23.7 Å². The molecule has 136 valence electrons. The van der Waals surface area contributed by atoms with Gasteiger partial charge < -0.3 is 20.3 Å². The summed E-state index contributed by atoms with van der Waals surface area (Å²) in [6.45, 7) is 1.53. The van der Waals surface area contributed by atoms with Crippen molar-refractivity contribution in [2.45, 2.75) is 12.8 Å². The number of carbonyl (C=O) groups is 3. The first-order valence-corrected chi connectivity index (χ1v) is 8.34. The Bertz CT molecular complexity index is 628. The van der Waals surface area contributed by atoms with Crippen molar-refractivity contribution >= 4 is 23.5 Å².